The lowest BCUT2D eigenvalue weighted by atomic mass is 9.83. The monoisotopic (exact) mass is 467 g/mol. The van der Waals surface area contributed by atoms with E-state index in [1.807, 2.05) is 30.3 Å². The maximum absolute atomic E-state index is 11.7. The van der Waals surface area contributed by atoms with E-state index in [-0.39, 0.29) is 24.0 Å². The number of hydrogen-bond acceptors (Lipinski definition) is 5. The van der Waals surface area contributed by atoms with Gasteiger partial charge in [0.05, 0.1) is 0 Å². The van der Waals surface area contributed by atoms with Crippen LogP contribution in [-0.2, 0) is 16.1 Å². The number of carbonyl (C=O) groups is 2. The molecule has 0 radical (unpaired) electrons. The summed E-state index contributed by atoms with van der Waals surface area (Å²) in [6, 6.07) is 17.9. The van der Waals surface area contributed by atoms with E-state index in [0.717, 1.165) is 49.0 Å². The van der Waals surface area contributed by atoms with Crippen molar-refractivity contribution in [2.24, 2.45) is 11.1 Å². The number of alkyl carbamates (subject to hydrolysis) is 1. The van der Waals surface area contributed by atoms with Crippen LogP contribution in [-0.4, -0.2) is 30.9 Å². The molecule has 184 valence electrons. The van der Waals surface area contributed by atoms with E-state index in [0.29, 0.717) is 6.54 Å². The SMILES string of the molecule is CC(C)(C)C1(OC(N)=O)CC1c1ccc(NCCCCCNC(=O)OCc2ccccc2)cc1. The Morgan fingerprint density at radius 1 is 1.00 bits per heavy atom. The number of unbranched alkanes of at least 4 members (excludes halogenated alkanes) is 2. The highest BCUT2D eigenvalue weighted by Crippen LogP contribution is 2.63. The maximum Gasteiger partial charge on any atom is 0.407 e. The number of nitrogens with two attached hydrogens (primary N) is 1. The fourth-order valence-corrected chi connectivity index (χ4v) is 4.36. The van der Waals surface area contributed by atoms with Gasteiger partial charge in [0.2, 0.25) is 0 Å². The first-order valence-corrected chi connectivity index (χ1v) is 12.0. The van der Waals surface area contributed by atoms with Crippen LogP contribution in [0.3, 0.4) is 0 Å². The highest BCUT2D eigenvalue weighted by molar-refractivity contribution is 5.67. The molecule has 3 rings (SSSR count). The maximum atomic E-state index is 11.7. The van der Waals surface area contributed by atoms with Crippen LogP contribution in [0.25, 0.3) is 0 Å². The normalized spacial score (nSPS) is 19.2. The number of amides is 2. The lowest BCUT2D eigenvalue weighted by Gasteiger charge is -2.31. The van der Waals surface area contributed by atoms with Crippen LogP contribution >= 0.6 is 0 Å². The van der Waals surface area contributed by atoms with Crippen molar-refractivity contribution in [3.8, 4) is 0 Å². The van der Waals surface area contributed by atoms with Crippen molar-refractivity contribution in [1.29, 1.82) is 0 Å². The van der Waals surface area contributed by atoms with Gasteiger partial charge in [-0.2, -0.15) is 0 Å². The van der Waals surface area contributed by atoms with Gasteiger partial charge in [-0.3, -0.25) is 0 Å². The Hall–Kier alpha value is -3.22. The highest BCUT2D eigenvalue weighted by atomic mass is 16.6. The highest BCUT2D eigenvalue weighted by Gasteiger charge is 2.65. The summed E-state index contributed by atoms with van der Waals surface area (Å²) in [6.07, 6.45) is 2.61. The Balaban J connectivity index is 1.30. The summed E-state index contributed by atoms with van der Waals surface area (Å²) in [5, 5.41) is 6.23. The number of primary amides is 1. The summed E-state index contributed by atoms with van der Waals surface area (Å²) in [5.41, 5.74) is 7.81. The minimum Gasteiger partial charge on any atom is -0.445 e. The van der Waals surface area contributed by atoms with Gasteiger partial charge in [-0.05, 0) is 48.9 Å². The first kappa shape index (κ1) is 25.4. The molecule has 1 aliphatic carbocycles. The molecule has 34 heavy (non-hydrogen) atoms. The summed E-state index contributed by atoms with van der Waals surface area (Å²) in [4.78, 5) is 23.2. The second kappa shape index (κ2) is 11.3. The summed E-state index contributed by atoms with van der Waals surface area (Å²) in [6.45, 7) is 7.98. The third-order valence-corrected chi connectivity index (χ3v) is 6.44. The van der Waals surface area contributed by atoms with E-state index in [9.17, 15) is 9.59 Å². The molecule has 2 aromatic rings. The molecule has 7 nitrogen and oxygen atoms in total. The van der Waals surface area contributed by atoms with E-state index in [2.05, 4.69) is 55.7 Å². The molecule has 0 heterocycles. The summed E-state index contributed by atoms with van der Waals surface area (Å²) < 4.78 is 10.8. The van der Waals surface area contributed by atoms with E-state index < -0.39 is 11.7 Å². The van der Waals surface area contributed by atoms with Gasteiger partial charge in [0, 0.05) is 30.1 Å². The zero-order valence-electron chi connectivity index (χ0n) is 20.4. The van der Waals surface area contributed by atoms with Crippen LogP contribution in [0.2, 0.25) is 0 Å². The molecule has 2 atom stereocenters. The van der Waals surface area contributed by atoms with Gasteiger partial charge in [-0.25, -0.2) is 9.59 Å². The standard InChI is InChI=1S/C27H37N3O4/c1-26(2,3)27(34-24(28)31)18-23(27)21-12-14-22(15-13-21)29-16-8-5-9-17-30-25(32)33-19-20-10-6-4-7-11-20/h4,6-7,10-15,23,29H,5,8-9,16-19H2,1-3H3,(H2,28,31)(H,30,32). The van der Waals surface area contributed by atoms with Crippen molar-refractivity contribution < 1.29 is 19.1 Å². The molecule has 2 unspecified atom stereocenters. The van der Waals surface area contributed by atoms with Gasteiger partial charge >= 0.3 is 12.2 Å². The first-order valence-electron chi connectivity index (χ1n) is 12.0. The Bertz CT molecular complexity index is 941. The number of anilines is 1. The summed E-state index contributed by atoms with van der Waals surface area (Å²) in [7, 11) is 0. The van der Waals surface area contributed by atoms with Crippen LogP contribution in [0.4, 0.5) is 15.3 Å². The minimum atomic E-state index is -0.713. The lowest BCUT2D eigenvalue weighted by Crippen LogP contribution is -2.37. The fraction of sp³-hybridized carbons (Fsp3) is 0.481. The van der Waals surface area contributed by atoms with Crippen molar-refractivity contribution in [2.75, 3.05) is 18.4 Å². The van der Waals surface area contributed by atoms with E-state index in [1.54, 1.807) is 0 Å². The number of rotatable bonds is 11. The van der Waals surface area contributed by atoms with Crippen LogP contribution in [0.5, 0.6) is 0 Å². The van der Waals surface area contributed by atoms with Crippen molar-refractivity contribution in [3.05, 3.63) is 65.7 Å². The molecular weight excluding hydrogens is 430 g/mol. The van der Waals surface area contributed by atoms with Gasteiger partial charge < -0.3 is 25.8 Å². The molecule has 1 aliphatic rings. The molecule has 0 saturated heterocycles. The average molecular weight is 468 g/mol. The summed E-state index contributed by atoms with van der Waals surface area (Å²) >= 11 is 0. The van der Waals surface area contributed by atoms with Gasteiger partial charge in [0.25, 0.3) is 0 Å². The van der Waals surface area contributed by atoms with E-state index in [1.165, 1.54) is 0 Å². The van der Waals surface area contributed by atoms with Gasteiger partial charge in [0.1, 0.15) is 12.2 Å². The largest absolute Gasteiger partial charge is 0.445 e. The molecule has 1 saturated carbocycles. The number of ether oxygens (including phenoxy) is 2. The van der Waals surface area contributed by atoms with Crippen LogP contribution in [0.1, 0.15) is 63.5 Å². The number of benzene rings is 2. The van der Waals surface area contributed by atoms with Crippen LogP contribution in [0, 0.1) is 5.41 Å². The molecule has 0 bridgehead atoms. The van der Waals surface area contributed by atoms with E-state index in [4.69, 9.17) is 15.2 Å². The molecule has 0 aromatic heterocycles. The zero-order chi connectivity index (χ0) is 24.6. The Kier molecular flexibility index (Phi) is 8.42. The van der Waals surface area contributed by atoms with Crippen LogP contribution in [0.15, 0.2) is 54.6 Å². The smallest absolute Gasteiger partial charge is 0.407 e. The van der Waals surface area contributed by atoms with Crippen molar-refractivity contribution in [1.82, 2.24) is 5.32 Å². The number of hydrogen-bond donors (Lipinski definition) is 3. The third kappa shape index (κ3) is 6.89. The summed E-state index contributed by atoms with van der Waals surface area (Å²) in [5.74, 6) is 0.168. The second-order valence-corrected chi connectivity index (χ2v) is 9.92. The second-order valence-electron chi connectivity index (χ2n) is 9.92. The molecule has 4 N–H and O–H groups in total. The molecule has 7 heteroatoms. The van der Waals surface area contributed by atoms with Crippen molar-refractivity contribution in [3.63, 3.8) is 0 Å². The van der Waals surface area contributed by atoms with Gasteiger partial charge in [0.15, 0.2) is 0 Å². The number of carbonyl (C=O) groups excluding carboxylic acids is 2. The molecule has 2 amide bonds. The molecule has 2 aromatic carbocycles. The van der Waals surface area contributed by atoms with Crippen LogP contribution < -0.4 is 16.4 Å². The van der Waals surface area contributed by atoms with E-state index >= 15 is 0 Å². The average Bonchev–Trinajstić information content (AvgIpc) is 3.53. The Morgan fingerprint density at radius 2 is 1.68 bits per heavy atom. The quantitative estimate of drug-likeness (QED) is 0.375. The zero-order valence-corrected chi connectivity index (χ0v) is 20.4. The molecular formula is C27H37N3O4. The minimum absolute atomic E-state index is 0.168. The number of nitrogens with one attached hydrogen (secondary N) is 2. The lowest BCUT2D eigenvalue weighted by molar-refractivity contribution is 0.0111. The molecule has 0 spiro atoms. The van der Waals surface area contributed by atoms with Gasteiger partial charge in [-0.1, -0.05) is 63.2 Å². The molecule has 0 aliphatic heterocycles. The van der Waals surface area contributed by atoms with Crippen molar-refractivity contribution in [2.45, 2.75) is 64.6 Å². The predicted octanol–water partition coefficient (Wildman–Crippen LogP) is 5.56. The third-order valence-electron chi connectivity index (χ3n) is 6.44. The first-order chi connectivity index (χ1) is 16.2. The molecule has 1 fully saturated rings. The Morgan fingerprint density at radius 3 is 2.32 bits per heavy atom. The van der Waals surface area contributed by atoms with Gasteiger partial charge in [-0.15, -0.1) is 0 Å². The predicted molar refractivity (Wildman–Crippen MR) is 134 cm³/mol. The van der Waals surface area contributed by atoms with Crippen molar-refractivity contribution >= 4 is 17.9 Å². The Labute approximate surface area is 202 Å². The fourth-order valence-electron chi connectivity index (χ4n) is 4.36. The topological polar surface area (TPSA) is 103 Å².